The van der Waals surface area contributed by atoms with Gasteiger partial charge in [0.15, 0.2) is 0 Å². The van der Waals surface area contributed by atoms with E-state index in [1.165, 1.54) is 11.8 Å². The first kappa shape index (κ1) is 20.6. The molecule has 4 aromatic rings. The highest BCUT2D eigenvalue weighted by Gasteiger charge is 2.12. The van der Waals surface area contributed by atoms with Crippen LogP contribution in [0.25, 0.3) is 10.9 Å². The van der Waals surface area contributed by atoms with Gasteiger partial charge < -0.3 is 5.32 Å². The van der Waals surface area contributed by atoms with Gasteiger partial charge in [0.1, 0.15) is 11.8 Å². The minimum absolute atomic E-state index is 0.164. The first-order chi connectivity index (χ1) is 14.9. The quantitative estimate of drug-likeness (QED) is 0.446. The van der Waals surface area contributed by atoms with Gasteiger partial charge in [-0.05, 0) is 74.9 Å². The Morgan fingerprint density at radius 3 is 2.42 bits per heavy atom. The van der Waals surface area contributed by atoms with E-state index >= 15 is 0 Å². The minimum Gasteiger partial charge on any atom is -0.321 e. The van der Waals surface area contributed by atoms with E-state index in [0.717, 1.165) is 43.2 Å². The molecule has 2 aromatic carbocycles. The number of benzene rings is 2. The zero-order valence-corrected chi connectivity index (χ0v) is 18.2. The van der Waals surface area contributed by atoms with Crippen molar-refractivity contribution < 1.29 is 4.79 Å². The van der Waals surface area contributed by atoms with Gasteiger partial charge in [0.25, 0.3) is 5.91 Å². The molecular formula is C25H20N4OS. The second kappa shape index (κ2) is 8.58. The van der Waals surface area contributed by atoms with Gasteiger partial charge in [0.2, 0.25) is 0 Å². The van der Waals surface area contributed by atoms with E-state index in [1.807, 2.05) is 63.2 Å². The van der Waals surface area contributed by atoms with Crippen LogP contribution in [0, 0.1) is 32.1 Å². The number of rotatable bonds is 4. The van der Waals surface area contributed by atoms with Crippen LogP contribution in [-0.4, -0.2) is 15.9 Å². The molecule has 4 rings (SSSR count). The number of nitriles is 1. The van der Waals surface area contributed by atoms with Crippen LogP contribution in [0.15, 0.2) is 70.6 Å². The minimum atomic E-state index is -0.164. The van der Waals surface area contributed by atoms with Gasteiger partial charge in [0.05, 0.1) is 11.2 Å². The Balaban J connectivity index is 1.55. The normalized spacial score (nSPS) is 10.6. The largest absolute Gasteiger partial charge is 0.321 e. The summed E-state index contributed by atoms with van der Waals surface area (Å²) in [4.78, 5) is 23.5. The van der Waals surface area contributed by atoms with Crippen LogP contribution in [0.3, 0.4) is 0 Å². The van der Waals surface area contributed by atoms with Crippen molar-refractivity contribution in [2.45, 2.75) is 30.6 Å². The van der Waals surface area contributed by atoms with E-state index in [4.69, 9.17) is 5.26 Å². The van der Waals surface area contributed by atoms with Gasteiger partial charge >= 0.3 is 0 Å². The number of anilines is 1. The summed E-state index contributed by atoms with van der Waals surface area (Å²) in [6, 6.07) is 19.0. The number of carbonyl (C=O) groups excluding carboxylic acids is 1. The number of carbonyl (C=O) groups is 1. The van der Waals surface area contributed by atoms with Crippen molar-refractivity contribution >= 4 is 34.3 Å². The fourth-order valence-corrected chi connectivity index (χ4v) is 4.21. The third-order valence-electron chi connectivity index (χ3n) is 4.83. The highest BCUT2D eigenvalue weighted by molar-refractivity contribution is 7.99. The van der Waals surface area contributed by atoms with Crippen molar-refractivity contribution in [2.75, 3.05) is 5.32 Å². The lowest BCUT2D eigenvalue weighted by molar-refractivity contribution is 0.102. The van der Waals surface area contributed by atoms with Crippen molar-refractivity contribution in [3.05, 3.63) is 88.9 Å². The summed E-state index contributed by atoms with van der Waals surface area (Å²) < 4.78 is 0. The highest BCUT2D eigenvalue weighted by Crippen LogP contribution is 2.29. The molecule has 152 valence electrons. The van der Waals surface area contributed by atoms with Crippen molar-refractivity contribution in [1.29, 1.82) is 5.26 Å². The maximum absolute atomic E-state index is 12.9. The molecule has 0 unspecified atom stereocenters. The summed E-state index contributed by atoms with van der Waals surface area (Å²) in [5.74, 6) is -0.164. The fourth-order valence-electron chi connectivity index (χ4n) is 3.42. The Kier molecular flexibility index (Phi) is 5.70. The molecule has 2 aromatic heterocycles. The lowest BCUT2D eigenvalue weighted by atomic mass is 10.0. The third kappa shape index (κ3) is 4.57. The number of nitrogens with zero attached hydrogens (tertiary/aromatic N) is 3. The Bertz CT molecular complexity index is 1320. The molecule has 0 aliphatic rings. The Morgan fingerprint density at radius 2 is 1.74 bits per heavy atom. The monoisotopic (exact) mass is 424 g/mol. The number of hydrogen-bond donors (Lipinski definition) is 1. The molecule has 0 fully saturated rings. The predicted molar refractivity (Wildman–Crippen MR) is 123 cm³/mol. The molecule has 0 spiro atoms. The number of hydrogen-bond acceptors (Lipinski definition) is 5. The van der Waals surface area contributed by atoms with Crippen LogP contribution in [0.2, 0.25) is 0 Å². The van der Waals surface area contributed by atoms with Gasteiger partial charge in [-0.2, -0.15) is 5.26 Å². The van der Waals surface area contributed by atoms with Crippen molar-refractivity contribution in [3.8, 4) is 6.07 Å². The van der Waals surface area contributed by atoms with E-state index in [9.17, 15) is 4.79 Å². The molecule has 0 aliphatic heterocycles. The van der Waals surface area contributed by atoms with E-state index in [1.54, 1.807) is 12.3 Å². The van der Waals surface area contributed by atoms with Crippen molar-refractivity contribution in [1.82, 2.24) is 9.97 Å². The summed E-state index contributed by atoms with van der Waals surface area (Å²) in [5, 5.41) is 12.8. The van der Waals surface area contributed by atoms with Crippen LogP contribution in [-0.2, 0) is 0 Å². The first-order valence-corrected chi connectivity index (χ1v) is 10.6. The Morgan fingerprint density at radius 1 is 1.00 bits per heavy atom. The number of aromatic nitrogens is 2. The number of fused-ring (bicyclic) bond motifs is 1. The summed E-state index contributed by atoms with van der Waals surface area (Å²) in [6.07, 6.45) is 1.67. The van der Waals surface area contributed by atoms with Crippen LogP contribution in [0.5, 0.6) is 0 Å². The smallest absolute Gasteiger partial charge is 0.255 e. The second-order valence-corrected chi connectivity index (χ2v) is 8.51. The number of nitrogens with one attached hydrogen (secondary N) is 1. The third-order valence-corrected chi connectivity index (χ3v) is 5.81. The average Bonchev–Trinajstić information content (AvgIpc) is 2.75. The predicted octanol–water partition coefficient (Wildman–Crippen LogP) is 5.83. The molecule has 1 N–H and O–H groups in total. The number of aryl methyl sites for hydroxylation is 3. The molecule has 0 atom stereocenters. The van der Waals surface area contributed by atoms with E-state index in [2.05, 4.69) is 27.4 Å². The molecule has 1 amide bonds. The van der Waals surface area contributed by atoms with Gasteiger partial charge in [0, 0.05) is 32.6 Å². The molecule has 31 heavy (non-hydrogen) atoms. The highest BCUT2D eigenvalue weighted by atomic mass is 32.2. The Labute approximate surface area is 185 Å². The maximum Gasteiger partial charge on any atom is 0.255 e. The van der Waals surface area contributed by atoms with Crippen LogP contribution in [0.1, 0.15) is 32.9 Å². The first-order valence-electron chi connectivity index (χ1n) is 9.77. The summed E-state index contributed by atoms with van der Waals surface area (Å²) >= 11 is 1.53. The van der Waals surface area contributed by atoms with Gasteiger partial charge in [-0.25, -0.2) is 4.98 Å². The maximum atomic E-state index is 12.9. The van der Waals surface area contributed by atoms with Gasteiger partial charge in [-0.3, -0.25) is 9.78 Å². The van der Waals surface area contributed by atoms with Crippen LogP contribution < -0.4 is 5.32 Å². The molecule has 0 saturated heterocycles. The number of pyridine rings is 2. The summed E-state index contributed by atoms with van der Waals surface area (Å²) in [6.45, 7) is 6.00. The van der Waals surface area contributed by atoms with Gasteiger partial charge in [-0.15, -0.1) is 0 Å². The molecule has 6 heteroatoms. The summed E-state index contributed by atoms with van der Waals surface area (Å²) in [7, 11) is 0. The second-order valence-electron chi connectivity index (χ2n) is 7.36. The standard InChI is InChI=1S/C25H20N4OS/c1-15-10-16(2)24-22(11-15)23(12-17(3)28-24)29-25(30)18-4-7-20(8-5-18)31-21-9-6-19(13-26)27-14-21/h4-12,14H,1-3H3,(H,28,29,30). The lowest BCUT2D eigenvalue weighted by Gasteiger charge is -2.12. The zero-order chi connectivity index (χ0) is 22.0. The van der Waals surface area contributed by atoms with Gasteiger partial charge in [-0.1, -0.05) is 23.4 Å². The molecule has 2 heterocycles. The van der Waals surface area contributed by atoms with E-state index in [0.29, 0.717) is 11.3 Å². The molecule has 0 bridgehead atoms. The van der Waals surface area contributed by atoms with E-state index in [-0.39, 0.29) is 5.91 Å². The van der Waals surface area contributed by atoms with Crippen LogP contribution in [0.4, 0.5) is 5.69 Å². The number of amides is 1. The summed E-state index contributed by atoms with van der Waals surface area (Å²) in [5.41, 5.74) is 5.72. The fraction of sp³-hybridized carbons (Fsp3) is 0.120. The topological polar surface area (TPSA) is 78.7 Å². The zero-order valence-electron chi connectivity index (χ0n) is 17.4. The SMILES string of the molecule is Cc1cc(C)c2nc(C)cc(NC(=O)c3ccc(Sc4ccc(C#N)nc4)cc3)c2c1. The van der Waals surface area contributed by atoms with E-state index < -0.39 is 0 Å². The molecule has 0 aliphatic carbocycles. The lowest BCUT2D eigenvalue weighted by Crippen LogP contribution is -2.12. The van der Waals surface area contributed by atoms with Crippen molar-refractivity contribution in [2.24, 2.45) is 0 Å². The van der Waals surface area contributed by atoms with Crippen LogP contribution >= 0.6 is 11.8 Å². The van der Waals surface area contributed by atoms with Crippen molar-refractivity contribution in [3.63, 3.8) is 0 Å². The Hall–Kier alpha value is -3.69. The molecule has 0 saturated carbocycles. The molecule has 5 nitrogen and oxygen atoms in total. The average molecular weight is 425 g/mol. The molecule has 0 radical (unpaired) electrons. The molecular weight excluding hydrogens is 404 g/mol.